The number of aliphatic carboxylic acids is 1. The smallest absolute Gasteiger partial charge is 0.339 e. The number of hydrogen-bond acceptors (Lipinski definition) is 5. The highest BCUT2D eigenvalue weighted by Crippen LogP contribution is 2.26. The molecule has 8 nitrogen and oxygen atoms in total. The van der Waals surface area contributed by atoms with Crippen molar-refractivity contribution in [1.82, 2.24) is 4.90 Å². The number of hydrogen-bond donors (Lipinski definition) is 4. The first kappa shape index (κ1) is 22.6. The van der Waals surface area contributed by atoms with E-state index in [9.17, 15) is 19.5 Å². The molecule has 0 bridgehead atoms. The van der Waals surface area contributed by atoms with E-state index in [1.807, 2.05) is 20.8 Å². The maximum absolute atomic E-state index is 12.2. The van der Waals surface area contributed by atoms with Gasteiger partial charge in [-0.3, -0.25) is 14.5 Å². The van der Waals surface area contributed by atoms with E-state index in [2.05, 4.69) is 0 Å². The number of primary amides is 2. The first-order chi connectivity index (χ1) is 12.4. The van der Waals surface area contributed by atoms with Gasteiger partial charge in [0.1, 0.15) is 0 Å². The molecular weight excluding hydrogens is 348 g/mol. The van der Waals surface area contributed by atoms with Gasteiger partial charge in [-0.1, -0.05) is 51.1 Å². The van der Waals surface area contributed by atoms with Crippen molar-refractivity contribution in [1.29, 1.82) is 0 Å². The van der Waals surface area contributed by atoms with Crippen molar-refractivity contribution in [2.45, 2.75) is 51.7 Å². The van der Waals surface area contributed by atoms with Crippen molar-refractivity contribution in [3.63, 3.8) is 0 Å². The third kappa shape index (κ3) is 6.65. The number of carbonyl (C=O) groups excluding carboxylic acids is 2. The van der Waals surface area contributed by atoms with Gasteiger partial charge in [0, 0.05) is 13.0 Å². The largest absolute Gasteiger partial charge is 0.479 e. The van der Waals surface area contributed by atoms with Crippen LogP contribution in [0.5, 0.6) is 0 Å². The first-order valence-electron chi connectivity index (χ1n) is 8.77. The van der Waals surface area contributed by atoms with Crippen LogP contribution in [-0.2, 0) is 20.8 Å². The van der Waals surface area contributed by atoms with Gasteiger partial charge >= 0.3 is 5.97 Å². The standard InChI is InChI=1S/C19H30N4O4/c1-18(2,3)9-10-23(14(16(21)25)11-15(20)24)19(22,17(26)27)12-13-7-5-4-6-8-13/h4-8,14H,9-12,22H2,1-3H3,(H2,20,24)(H2,21,25)(H,26,27)/t14-,19+/m0/s1. The van der Waals surface area contributed by atoms with Crippen LogP contribution in [0, 0.1) is 5.41 Å². The van der Waals surface area contributed by atoms with Crippen LogP contribution in [-0.4, -0.2) is 46.0 Å². The molecule has 1 aromatic rings. The topological polar surface area (TPSA) is 153 Å². The summed E-state index contributed by atoms with van der Waals surface area (Å²) in [6, 6.07) is 7.63. The zero-order chi connectivity index (χ0) is 20.8. The molecule has 0 unspecified atom stereocenters. The van der Waals surface area contributed by atoms with Crippen LogP contribution in [0.4, 0.5) is 0 Å². The second-order valence-corrected chi connectivity index (χ2v) is 7.98. The number of carboxylic acid groups (broad SMARTS) is 1. The highest BCUT2D eigenvalue weighted by molar-refractivity contribution is 5.88. The van der Waals surface area contributed by atoms with Crippen molar-refractivity contribution in [3.8, 4) is 0 Å². The summed E-state index contributed by atoms with van der Waals surface area (Å²) in [5, 5.41) is 9.92. The minimum absolute atomic E-state index is 0.0597. The number of carbonyl (C=O) groups is 3. The fourth-order valence-electron chi connectivity index (χ4n) is 2.85. The summed E-state index contributed by atoms with van der Waals surface area (Å²) < 4.78 is 0. The van der Waals surface area contributed by atoms with Gasteiger partial charge in [0.05, 0.1) is 12.5 Å². The maximum Gasteiger partial charge on any atom is 0.339 e. The van der Waals surface area contributed by atoms with E-state index in [1.54, 1.807) is 30.3 Å². The molecular formula is C19H30N4O4. The molecule has 7 N–H and O–H groups in total. The quantitative estimate of drug-likeness (QED) is 0.433. The normalized spacial score (nSPS) is 15.1. The summed E-state index contributed by atoms with van der Waals surface area (Å²) in [6.45, 7) is 6.11. The predicted octanol–water partition coefficient (Wildman–Crippen LogP) is 0.436. The number of nitrogens with zero attached hydrogens (tertiary/aromatic N) is 1. The van der Waals surface area contributed by atoms with Crippen molar-refractivity contribution < 1.29 is 19.5 Å². The Kier molecular flexibility index (Phi) is 7.50. The maximum atomic E-state index is 12.2. The van der Waals surface area contributed by atoms with Gasteiger partial charge < -0.3 is 22.3 Å². The van der Waals surface area contributed by atoms with Gasteiger partial charge in [-0.25, -0.2) is 4.79 Å². The van der Waals surface area contributed by atoms with Gasteiger partial charge in [-0.2, -0.15) is 0 Å². The summed E-state index contributed by atoms with van der Waals surface area (Å²) in [7, 11) is 0. The zero-order valence-corrected chi connectivity index (χ0v) is 16.1. The van der Waals surface area contributed by atoms with Gasteiger partial charge in [-0.15, -0.1) is 0 Å². The molecule has 0 saturated heterocycles. The molecule has 8 heteroatoms. The monoisotopic (exact) mass is 378 g/mol. The van der Waals surface area contributed by atoms with Crippen LogP contribution in [0.2, 0.25) is 0 Å². The fourth-order valence-corrected chi connectivity index (χ4v) is 2.85. The number of benzene rings is 1. The molecule has 0 heterocycles. The SMILES string of the molecule is CC(C)(C)CCN([C@@H](CC(N)=O)C(N)=O)[C@](N)(Cc1ccccc1)C(=O)O. The van der Waals surface area contributed by atoms with Crippen LogP contribution in [0.25, 0.3) is 0 Å². The molecule has 150 valence electrons. The third-order valence-corrected chi connectivity index (χ3v) is 4.40. The molecule has 2 atom stereocenters. The summed E-state index contributed by atoms with van der Waals surface area (Å²) in [5.74, 6) is -2.91. The lowest BCUT2D eigenvalue weighted by Crippen LogP contribution is -2.68. The number of amides is 2. The highest BCUT2D eigenvalue weighted by atomic mass is 16.4. The third-order valence-electron chi connectivity index (χ3n) is 4.40. The molecule has 0 aliphatic rings. The Bertz CT molecular complexity index is 672. The lowest BCUT2D eigenvalue weighted by Gasteiger charge is -2.42. The predicted molar refractivity (Wildman–Crippen MR) is 102 cm³/mol. The number of nitrogens with two attached hydrogens (primary N) is 3. The van der Waals surface area contributed by atoms with E-state index in [1.165, 1.54) is 4.90 Å². The van der Waals surface area contributed by atoms with Crippen LogP contribution in [0.15, 0.2) is 30.3 Å². The fraction of sp³-hybridized carbons (Fsp3) is 0.526. The summed E-state index contributed by atoms with van der Waals surface area (Å²) in [5.41, 5.74) is 15.7. The van der Waals surface area contributed by atoms with Gasteiger partial charge in [0.15, 0.2) is 5.66 Å². The Morgan fingerprint density at radius 3 is 2.07 bits per heavy atom. The van der Waals surface area contributed by atoms with E-state index in [-0.39, 0.29) is 18.4 Å². The molecule has 0 radical (unpaired) electrons. The van der Waals surface area contributed by atoms with Crippen LogP contribution in [0.3, 0.4) is 0 Å². The number of carboxylic acids is 1. The summed E-state index contributed by atoms with van der Waals surface area (Å²) in [4.78, 5) is 37.0. The molecule has 0 aromatic heterocycles. The molecule has 0 fully saturated rings. The first-order valence-corrected chi connectivity index (χ1v) is 8.77. The van der Waals surface area contributed by atoms with Crippen LogP contribution >= 0.6 is 0 Å². The van der Waals surface area contributed by atoms with Gasteiger partial charge in [0.2, 0.25) is 11.8 Å². The lowest BCUT2D eigenvalue weighted by molar-refractivity contribution is -0.156. The van der Waals surface area contributed by atoms with E-state index in [0.29, 0.717) is 12.0 Å². The average Bonchev–Trinajstić information content (AvgIpc) is 2.53. The number of rotatable bonds is 10. The molecule has 0 aliphatic heterocycles. The highest BCUT2D eigenvalue weighted by Gasteiger charge is 2.46. The molecule has 2 amide bonds. The minimum Gasteiger partial charge on any atom is -0.479 e. The second kappa shape index (κ2) is 8.96. The molecule has 0 saturated carbocycles. The van der Waals surface area contributed by atoms with Gasteiger partial charge in [-0.05, 0) is 17.4 Å². The van der Waals surface area contributed by atoms with E-state index in [0.717, 1.165) is 0 Å². The van der Waals surface area contributed by atoms with Crippen LogP contribution in [0.1, 0.15) is 39.2 Å². The summed E-state index contributed by atoms with van der Waals surface area (Å²) >= 11 is 0. The minimum atomic E-state index is -1.93. The molecule has 0 spiro atoms. The molecule has 1 aromatic carbocycles. The van der Waals surface area contributed by atoms with E-state index < -0.39 is 35.9 Å². The van der Waals surface area contributed by atoms with Crippen LogP contribution < -0.4 is 17.2 Å². The Labute approximate surface area is 159 Å². The van der Waals surface area contributed by atoms with E-state index >= 15 is 0 Å². The summed E-state index contributed by atoms with van der Waals surface area (Å²) in [6.07, 6.45) is 0.0763. The molecule has 0 aliphatic carbocycles. The Morgan fingerprint density at radius 2 is 1.67 bits per heavy atom. The average molecular weight is 378 g/mol. The Balaban J connectivity index is 3.37. The molecule has 1 rings (SSSR count). The Morgan fingerprint density at radius 1 is 1.11 bits per heavy atom. The van der Waals surface area contributed by atoms with Gasteiger partial charge in [0.25, 0.3) is 0 Å². The Hall–Kier alpha value is -2.45. The zero-order valence-electron chi connectivity index (χ0n) is 16.1. The van der Waals surface area contributed by atoms with Crippen molar-refractivity contribution in [3.05, 3.63) is 35.9 Å². The second-order valence-electron chi connectivity index (χ2n) is 7.98. The van der Waals surface area contributed by atoms with Crippen molar-refractivity contribution >= 4 is 17.8 Å². The van der Waals surface area contributed by atoms with Crippen molar-refractivity contribution in [2.24, 2.45) is 22.6 Å². The van der Waals surface area contributed by atoms with Crippen molar-refractivity contribution in [2.75, 3.05) is 6.54 Å². The molecule has 27 heavy (non-hydrogen) atoms. The van der Waals surface area contributed by atoms with E-state index in [4.69, 9.17) is 17.2 Å². The lowest BCUT2D eigenvalue weighted by atomic mass is 9.89.